The van der Waals surface area contributed by atoms with Gasteiger partial charge in [-0.15, -0.1) is 0 Å². The highest BCUT2D eigenvalue weighted by atomic mass is 19.4. The highest BCUT2D eigenvalue weighted by Crippen LogP contribution is 2.36. The van der Waals surface area contributed by atoms with E-state index in [4.69, 9.17) is 10.5 Å². The van der Waals surface area contributed by atoms with E-state index in [1.165, 1.54) is 12.1 Å². The van der Waals surface area contributed by atoms with Crippen molar-refractivity contribution in [3.8, 4) is 28.0 Å². The molecule has 0 fully saturated rings. The van der Waals surface area contributed by atoms with Gasteiger partial charge in [0, 0.05) is 5.56 Å². The molecule has 0 bridgehead atoms. The second-order valence-corrected chi connectivity index (χ2v) is 8.42. The maximum atomic E-state index is 12.9. The quantitative estimate of drug-likeness (QED) is 0.201. The minimum Gasteiger partial charge on any atom is -0.455 e. The lowest BCUT2D eigenvalue weighted by atomic mass is 9.93. The number of benzene rings is 5. The normalized spacial score (nSPS) is 11.4. The van der Waals surface area contributed by atoms with E-state index in [-0.39, 0.29) is 0 Å². The van der Waals surface area contributed by atoms with Gasteiger partial charge in [-0.2, -0.15) is 13.2 Å². The molecule has 0 aromatic heterocycles. The van der Waals surface area contributed by atoms with Crippen LogP contribution in [0.5, 0.6) is 5.75 Å². The Balaban J connectivity index is 1.47. The summed E-state index contributed by atoms with van der Waals surface area (Å²) < 4.78 is 44.6. The minimum absolute atomic E-state index is 0.494. The molecule has 0 saturated heterocycles. The number of alkyl halides is 3. The van der Waals surface area contributed by atoms with Crippen LogP contribution >= 0.6 is 0 Å². The van der Waals surface area contributed by atoms with Crippen molar-refractivity contribution < 1.29 is 17.9 Å². The molecule has 0 heterocycles. The van der Waals surface area contributed by atoms with Crippen LogP contribution in [0.1, 0.15) is 11.1 Å². The summed E-state index contributed by atoms with van der Waals surface area (Å²) in [6, 6.07) is 32.3. The molecule has 0 atom stereocenters. The Morgan fingerprint density at radius 3 is 1.83 bits per heavy atom. The number of anilines is 1. The summed E-state index contributed by atoms with van der Waals surface area (Å²) in [5.41, 5.74) is 10.4. The van der Waals surface area contributed by atoms with Crippen LogP contribution < -0.4 is 10.5 Å². The van der Waals surface area contributed by atoms with Gasteiger partial charge in [-0.1, -0.05) is 85.4 Å². The summed E-state index contributed by atoms with van der Waals surface area (Å²) in [6.45, 7) is 4.13. The maximum absolute atomic E-state index is 12.9. The molecule has 36 heavy (non-hydrogen) atoms. The number of halogens is 3. The monoisotopic (exact) mass is 481 g/mol. The maximum Gasteiger partial charge on any atom is 0.416 e. The third kappa shape index (κ3) is 4.56. The van der Waals surface area contributed by atoms with Crippen molar-refractivity contribution in [2.45, 2.75) is 6.18 Å². The second kappa shape index (κ2) is 9.27. The van der Waals surface area contributed by atoms with Crippen LogP contribution in [0, 0.1) is 0 Å². The Morgan fingerprint density at radius 1 is 0.639 bits per heavy atom. The van der Waals surface area contributed by atoms with Gasteiger partial charge in [0.1, 0.15) is 11.5 Å². The van der Waals surface area contributed by atoms with Crippen molar-refractivity contribution in [3.63, 3.8) is 0 Å². The Labute approximate surface area is 207 Å². The summed E-state index contributed by atoms with van der Waals surface area (Å²) in [6.07, 6.45) is -4.35. The Hall–Kier alpha value is -4.51. The van der Waals surface area contributed by atoms with Crippen LogP contribution in [0.4, 0.5) is 18.9 Å². The van der Waals surface area contributed by atoms with E-state index in [2.05, 4.69) is 6.58 Å². The van der Waals surface area contributed by atoms with Gasteiger partial charge in [0.25, 0.3) is 0 Å². The Morgan fingerprint density at radius 2 is 1.19 bits per heavy atom. The average molecular weight is 482 g/mol. The van der Waals surface area contributed by atoms with E-state index in [1.807, 2.05) is 72.8 Å². The van der Waals surface area contributed by atoms with Crippen molar-refractivity contribution in [2.75, 3.05) is 5.73 Å². The van der Waals surface area contributed by atoms with Crippen molar-refractivity contribution in [3.05, 3.63) is 127 Å². The molecular weight excluding hydrogens is 459 g/mol. The van der Waals surface area contributed by atoms with E-state index < -0.39 is 11.7 Å². The first-order chi connectivity index (χ1) is 17.3. The smallest absolute Gasteiger partial charge is 0.416 e. The third-order valence-electron chi connectivity index (χ3n) is 6.12. The van der Waals surface area contributed by atoms with Crippen LogP contribution in [0.25, 0.3) is 38.8 Å². The number of fused-ring (bicyclic) bond motifs is 1. The first-order valence-corrected chi connectivity index (χ1v) is 11.3. The predicted octanol–water partition coefficient (Wildman–Crippen LogP) is 8.82. The number of ether oxygens (including phenoxy) is 1. The molecular formula is C31H22F3NO. The first-order valence-electron chi connectivity index (χ1n) is 11.3. The van der Waals surface area contributed by atoms with Crippen LogP contribution in [-0.2, 0) is 6.18 Å². The number of para-hydroxylation sites is 2. The van der Waals surface area contributed by atoms with Crippen LogP contribution in [0.3, 0.4) is 0 Å². The Bertz CT molecular complexity index is 1550. The SMILES string of the molecule is C=C(Oc1ccccc1N)c1ccc(-c2ccc(-c3ccc(C(F)(F)F)cc3)cc2)c2ccccc12. The molecule has 5 aromatic carbocycles. The zero-order chi connectivity index (χ0) is 25.3. The molecule has 0 amide bonds. The Kier molecular flexibility index (Phi) is 5.98. The molecule has 5 heteroatoms. The van der Waals surface area contributed by atoms with Crippen molar-refractivity contribution >= 4 is 22.2 Å². The molecule has 0 saturated carbocycles. The fraction of sp³-hybridized carbons (Fsp3) is 0.0323. The van der Waals surface area contributed by atoms with Gasteiger partial charge < -0.3 is 10.5 Å². The molecule has 0 aliphatic rings. The zero-order valence-electron chi connectivity index (χ0n) is 19.2. The van der Waals surface area contributed by atoms with E-state index in [1.54, 1.807) is 12.1 Å². The average Bonchev–Trinajstić information content (AvgIpc) is 2.89. The van der Waals surface area contributed by atoms with Crippen molar-refractivity contribution in [2.24, 2.45) is 0 Å². The van der Waals surface area contributed by atoms with Crippen LogP contribution in [0.15, 0.2) is 116 Å². The molecule has 178 valence electrons. The lowest BCUT2D eigenvalue weighted by Gasteiger charge is -2.15. The molecule has 0 unspecified atom stereocenters. The lowest BCUT2D eigenvalue weighted by molar-refractivity contribution is -0.137. The molecule has 5 rings (SSSR count). The fourth-order valence-corrected chi connectivity index (χ4v) is 4.25. The van der Waals surface area contributed by atoms with Crippen LogP contribution in [-0.4, -0.2) is 0 Å². The fourth-order valence-electron chi connectivity index (χ4n) is 4.25. The van der Waals surface area contributed by atoms with Crippen molar-refractivity contribution in [1.29, 1.82) is 0 Å². The third-order valence-corrected chi connectivity index (χ3v) is 6.12. The summed E-state index contributed by atoms with van der Waals surface area (Å²) in [4.78, 5) is 0. The summed E-state index contributed by atoms with van der Waals surface area (Å²) in [7, 11) is 0. The standard InChI is InChI=1S/C31H22F3NO/c1-20(36-30-9-5-4-8-29(30)35)25-18-19-26(28-7-3-2-6-27(25)28)23-12-10-21(11-13-23)22-14-16-24(17-15-22)31(32,33)34/h2-19H,1,35H2. The topological polar surface area (TPSA) is 35.2 Å². The highest BCUT2D eigenvalue weighted by molar-refractivity contribution is 6.02. The minimum atomic E-state index is -4.35. The van der Waals surface area contributed by atoms with Gasteiger partial charge in [0.05, 0.1) is 11.3 Å². The number of hydrogen-bond donors (Lipinski definition) is 1. The first kappa shape index (κ1) is 23.2. The van der Waals surface area contributed by atoms with E-state index >= 15 is 0 Å². The molecule has 2 N–H and O–H groups in total. The molecule has 0 aliphatic carbocycles. The summed E-state index contributed by atoms with van der Waals surface area (Å²) in [5.74, 6) is 1.04. The van der Waals surface area contributed by atoms with Gasteiger partial charge >= 0.3 is 6.18 Å². The van der Waals surface area contributed by atoms with Gasteiger partial charge in [-0.05, 0) is 63.4 Å². The number of hydrogen-bond acceptors (Lipinski definition) is 2. The van der Waals surface area contributed by atoms with Gasteiger partial charge in [0.15, 0.2) is 0 Å². The summed E-state index contributed by atoms with van der Waals surface area (Å²) in [5, 5.41) is 2.02. The largest absolute Gasteiger partial charge is 0.455 e. The zero-order valence-corrected chi connectivity index (χ0v) is 19.2. The van der Waals surface area contributed by atoms with E-state index in [0.717, 1.165) is 50.7 Å². The molecule has 0 spiro atoms. The second-order valence-electron chi connectivity index (χ2n) is 8.42. The molecule has 5 aromatic rings. The molecule has 0 radical (unpaired) electrons. The predicted molar refractivity (Wildman–Crippen MR) is 140 cm³/mol. The molecule has 2 nitrogen and oxygen atoms in total. The van der Waals surface area contributed by atoms with E-state index in [9.17, 15) is 13.2 Å². The lowest BCUT2D eigenvalue weighted by Crippen LogP contribution is -2.03. The molecule has 0 aliphatic heterocycles. The highest BCUT2D eigenvalue weighted by Gasteiger charge is 2.29. The van der Waals surface area contributed by atoms with Gasteiger partial charge in [-0.3, -0.25) is 0 Å². The van der Waals surface area contributed by atoms with Gasteiger partial charge in [-0.25, -0.2) is 0 Å². The number of rotatable bonds is 5. The van der Waals surface area contributed by atoms with E-state index in [0.29, 0.717) is 17.2 Å². The summed E-state index contributed by atoms with van der Waals surface area (Å²) >= 11 is 0. The number of nitrogens with two attached hydrogens (primary N) is 1. The number of nitrogen functional groups attached to an aromatic ring is 1. The van der Waals surface area contributed by atoms with Crippen LogP contribution in [0.2, 0.25) is 0 Å². The van der Waals surface area contributed by atoms with Crippen molar-refractivity contribution in [1.82, 2.24) is 0 Å². The van der Waals surface area contributed by atoms with Gasteiger partial charge in [0.2, 0.25) is 0 Å².